The summed E-state index contributed by atoms with van der Waals surface area (Å²) < 4.78 is 7.26. The summed E-state index contributed by atoms with van der Waals surface area (Å²) in [6.07, 6.45) is 4.11. The molecule has 0 amide bonds. The first-order valence-electron chi connectivity index (χ1n) is 7.59. The molecule has 0 bridgehead atoms. The molecule has 114 valence electrons. The number of nitrogens with zero attached hydrogens (tertiary/aromatic N) is 2. The molecule has 0 atom stereocenters. The van der Waals surface area contributed by atoms with Crippen molar-refractivity contribution in [2.75, 3.05) is 7.11 Å². The molecule has 2 rings (SSSR count). The summed E-state index contributed by atoms with van der Waals surface area (Å²) in [4.78, 5) is 0. The van der Waals surface area contributed by atoms with Crippen molar-refractivity contribution in [2.45, 2.75) is 46.2 Å². The van der Waals surface area contributed by atoms with Crippen LogP contribution in [-0.4, -0.2) is 22.9 Å². The molecule has 0 saturated carbocycles. The molecule has 0 aliphatic rings. The van der Waals surface area contributed by atoms with Crippen LogP contribution >= 0.6 is 0 Å². The van der Waals surface area contributed by atoms with Gasteiger partial charge in [0.1, 0.15) is 5.75 Å². The molecule has 1 aromatic carbocycles. The summed E-state index contributed by atoms with van der Waals surface area (Å²) in [6, 6.07) is 8.51. The minimum Gasteiger partial charge on any atom is -0.497 e. The van der Waals surface area contributed by atoms with Gasteiger partial charge in [-0.25, -0.2) is 4.68 Å². The summed E-state index contributed by atoms with van der Waals surface area (Å²) >= 11 is 0. The molecule has 4 heteroatoms. The van der Waals surface area contributed by atoms with Crippen LogP contribution < -0.4 is 10.1 Å². The standard InChI is InChI=1S/C17H25N3O/c1-5-6-17-14(11-18-13(2)3)12-19-20(17)15-7-9-16(21-4)10-8-15/h7-10,12-13,18H,5-6,11H2,1-4H3. The first kappa shape index (κ1) is 15.6. The number of ether oxygens (including phenoxy) is 1. The van der Waals surface area contributed by atoms with Crippen molar-refractivity contribution in [3.8, 4) is 11.4 Å². The Morgan fingerprint density at radius 3 is 2.52 bits per heavy atom. The molecular formula is C17H25N3O. The van der Waals surface area contributed by atoms with Crippen LogP contribution in [0.5, 0.6) is 5.75 Å². The van der Waals surface area contributed by atoms with Crippen LogP contribution in [0.2, 0.25) is 0 Å². The third-order valence-corrected chi connectivity index (χ3v) is 3.46. The summed E-state index contributed by atoms with van der Waals surface area (Å²) in [5.74, 6) is 0.865. The molecule has 0 unspecified atom stereocenters. The Morgan fingerprint density at radius 1 is 1.24 bits per heavy atom. The zero-order valence-electron chi connectivity index (χ0n) is 13.4. The van der Waals surface area contributed by atoms with Crippen molar-refractivity contribution in [3.05, 3.63) is 41.7 Å². The fourth-order valence-electron chi connectivity index (χ4n) is 2.32. The van der Waals surface area contributed by atoms with Crippen molar-refractivity contribution in [2.24, 2.45) is 0 Å². The number of rotatable bonds is 7. The molecule has 1 heterocycles. The second-order valence-electron chi connectivity index (χ2n) is 5.51. The Balaban J connectivity index is 2.29. The number of methoxy groups -OCH3 is 1. The first-order valence-corrected chi connectivity index (χ1v) is 7.59. The second kappa shape index (κ2) is 7.27. The molecule has 0 fully saturated rings. The molecule has 1 aromatic heterocycles. The van der Waals surface area contributed by atoms with E-state index in [0.29, 0.717) is 6.04 Å². The van der Waals surface area contributed by atoms with Crippen LogP contribution in [0.25, 0.3) is 5.69 Å². The minimum absolute atomic E-state index is 0.476. The van der Waals surface area contributed by atoms with Gasteiger partial charge in [0.25, 0.3) is 0 Å². The summed E-state index contributed by atoms with van der Waals surface area (Å²) in [5, 5.41) is 8.04. The Morgan fingerprint density at radius 2 is 1.95 bits per heavy atom. The topological polar surface area (TPSA) is 39.1 Å². The van der Waals surface area contributed by atoms with Gasteiger partial charge < -0.3 is 10.1 Å². The predicted molar refractivity (Wildman–Crippen MR) is 86.1 cm³/mol. The summed E-state index contributed by atoms with van der Waals surface area (Å²) in [6.45, 7) is 7.38. The molecule has 1 N–H and O–H groups in total. The van der Waals surface area contributed by atoms with Gasteiger partial charge in [-0.15, -0.1) is 0 Å². The predicted octanol–water partition coefficient (Wildman–Crippen LogP) is 3.33. The quantitative estimate of drug-likeness (QED) is 0.849. The van der Waals surface area contributed by atoms with E-state index < -0.39 is 0 Å². The Kier molecular flexibility index (Phi) is 5.39. The average molecular weight is 287 g/mol. The lowest BCUT2D eigenvalue weighted by atomic mass is 10.1. The third-order valence-electron chi connectivity index (χ3n) is 3.46. The Bertz CT molecular complexity index is 558. The zero-order chi connectivity index (χ0) is 15.2. The van der Waals surface area contributed by atoms with Crippen LogP contribution in [0.15, 0.2) is 30.5 Å². The van der Waals surface area contributed by atoms with Gasteiger partial charge in [0.2, 0.25) is 0 Å². The van der Waals surface area contributed by atoms with Crippen molar-refractivity contribution >= 4 is 0 Å². The highest BCUT2D eigenvalue weighted by Crippen LogP contribution is 2.19. The highest BCUT2D eigenvalue weighted by Gasteiger charge is 2.12. The summed E-state index contributed by atoms with van der Waals surface area (Å²) in [5.41, 5.74) is 3.65. The van der Waals surface area contributed by atoms with Crippen molar-refractivity contribution in [1.82, 2.24) is 15.1 Å². The smallest absolute Gasteiger partial charge is 0.119 e. The molecule has 0 saturated heterocycles. The lowest BCUT2D eigenvalue weighted by Crippen LogP contribution is -2.22. The van der Waals surface area contributed by atoms with Crippen molar-refractivity contribution in [3.63, 3.8) is 0 Å². The van der Waals surface area contributed by atoms with E-state index in [1.54, 1.807) is 7.11 Å². The highest BCUT2D eigenvalue weighted by atomic mass is 16.5. The van der Waals surface area contributed by atoms with E-state index in [0.717, 1.165) is 30.8 Å². The lowest BCUT2D eigenvalue weighted by molar-refractivity contribution is 0.414. The Labute approximate surface area is 127 Å². The first-order chi connectivity index (χ1) is 10.2. The SMILES string of the molecule is CCCc1c(CNC(C)C)cnn1-c1ccc(OC)cc1. The van der Waals surface area contributed by atoms with Crippen LogP contribution in [0.4, 0.5) is 0 Å². The molecule has 2 aromatic rings. The molecule has 4 nitrogen and oxygen atoms in total. The zero-order valence-corrected chi connectivity index (χ0v) is 13.4. The van der Waals surface area contributed by atoms with Gasteiger partial charge in [-0.1, -0.05) is 27.2 Å². The maximum atomic E-state index is 5.21. The van der Waals surface area contributed by atoms with E-state index in [9.17, 15) is 0 Å². The van der Waals surface area contributed by atoms with E-state index >= 15 is 0 Å². The van der Waals surface area contributed by atoms with Crippen LogP contribution in [-0.2, 0) is 13.0 Å². The monoisotopic (exact) mass is 287 g/mol. The van der Waals surface area contributed by atoms with Crippen LogP contribution in [0, 0.1) is 0 Å². The van der Waals surface area contributed by atoms with Gasteiger partial charge in [0, 0.05) is 23.8 Å². The Hall–Kier alpha value is -1.81. The van der Waals surface area contributed by atoms with E-state index in [4.69, 9.17) is 4.74 Å². The van der Waals surface area contributed by atoms with Gasteiger partial charge in [-0.3, -0.25) is 0 Å². The molecule has 21 heavy (non-hydrogen) atoms. The van der Waals surface area contributed by atoms with Gasteiger partial charge in [-0.2, -0.15) is 5.10 Å². The second-order valence-corrected chi connectivity index (χ2v) is 5.51. The van der Waals surface area contributed by atoms with Gasteiger partial charge in [-0.05, 0) is 30.7 Å². The molecule has 0 radical (unpaired) electrons. The van der Waals surface area contributed by atoms with Gasteiger partial charge in [0.05, 0.1) is 19.0 Å². The van der Waals surface area contributed by atoms with Gasteiger partial charge >= 0.3 is 0 Å². The maximum Gasteiger partial charge on any atom is 0.119 e. The molecular weight excluding hydrogens is 262 g/mol. The number of aromatic nitrogens is 2. The maximum absolute atomic E-state index is 5.21. The van der Waals surface area contributed by atoms with E-state index in [2.05, 4.69) is 31.2 Å². The molecule has 0 aliphatic heterocycles. The normalized spacial score (nSPS) is 11.1. The van der Waals surface area contributed by atoms with Crippen LogP contribution in [0.3, 0.4) is 0 Å². The number of hydrogen-bond acceptors (Lipinski definition) is 3. The van der Waals surface area contributed by atoms with Crippen LogP contribution in [0.1, 0.15) is 38.4 Å². The fourth-order valence-corrected chi connectivity index (χ4v) is 2.32. The number of hydrogen-bond donors (Lipinski definition) is 1. The van der Waals surface area contributed by atoms with E-state index in [1.807, 2.05) is 35.1 Å². The van der Waals surface area contributed by atoms with E-state index in [1.165, 1.54) is 11.3 Å². The van der Waals surface area contributed by atoms with Crippen molar-refractivity contribution < 1.29 is 4.74 Å². The fraction of sp³-hybridized carbons (Fsp3) is 0.471. The third kappa shape index (κ3) is 3.85. The molecule has 0 spiro atoms. The summed E-state index contributed by atoms with van der Waals surface area (Å²) in [7, 11) is 1.68. The number of nitrogens with one attached hydrogen (secondary N) is 1. The average Bonchev–Trinajstić information content (AvgIpc) is 2.88. The highest BCUT2D eigenvalue weighted by molar-refractivity contribution is 5.39. The van der Waals surface area contributed by atoms with Gasteiger partial charge in [0.15, 0.2) is 0 Å². The van der Waals surface area contributed by atoms with E-state index in [-0.39, 0.29) is 0 Å². The van der Waals surface area contributed by atoms with Crippen molar-refractivity contribution in [1.29, 1.82) is 0 Å². The lowest BCUT2D eigenvalue weighted by Gasteiger charge is -2.11. The molecule has 0 aliphatic carbocycles. The largest absolute Gasteiger partial charge is 0.497 e. The minimum atomic E-state index is 0.476. The number of benzene rings is 1.